The van der Waals surface area contributed by atoms with Crippen LogP contribution in [-0.2, 0) is 11.3 Å². The van der Waals surface area contributed by atoms with Crippen molar-refractivity contribution < 1.29 is 8.76 Å². The molecule has 0 bridgehead atoms. The molecule has 0 aromatic carbocycles. The van der Waals surface area contributed by atoms with Crippen molar-refractivity contribution >= 4 is 11.3 Å². The van der Waals surface area contributed by atoms with Crippen LogP contribution in [0.3, 0.4) is 0 Å². The lowest BCUT2D eigenvalue weighted by Crippen LogP contribution is -2.17. The minimum atomic E-state index is -2.10. The van der Waals surface area contributed by atoms with Gasteiger partial charge in [-0.25, -0.2) is 4.72 Å². The summed E-state index contributed by atoms with van der Waals surface area (Å²) in [6, 6.07) is 0. The molecule has 0 fully saturated rings. The lowest BCUT2D eigenvalue weighted by atomic mass is 10.2. The van der Waals surface area contributed by atoms with Crippen molar-refractivity contribution in [2.45, 2.75) is 19.3 Å². The zero-order valence-corrected chi connectivity index (χ0v) is 6.65. The van der Waals surface area contributed by atoms with Crippen LogP contribution in [0.5, 0.6) is 0 Å². The second-order valence-corrected chi connectivity index (χ2v) is 2.67. The highest BCUT2D eigenvalue weighted by Crippen LogP contribution is 1.93. The van der Waals surface area contributed by atoms with E-state index >= 15 is 0 Å². The van der Waals surface area contributed by atoms with Gasteiger partial charge in [0.25, 0.3) is 0 Å². The van der Waals surface area contributed by atoms with Crippen LogP contribution in [0, 0.1) is 0 Å². The first-order valence-electron chi connectivity index (χ1n) is 3.21. The zero-order chi connectivity index (χ0) is 7.82. The molecule has 0 aliphatic rings. The predicted molar refractivity (Wildman–Crippen MR) is 41.0 cm³/mol. The largest absolute Gasteiger partial charge is 0.760 e. The maximum absolute atomic E-state index is 9.90. The van der Waals surface area contributed by atoms with Crippen molar-refractivity contribution in [3.05, 3.63) is 12.7 Å². The number of hydrogen-bond acceptors (Lipinski definition) is 2. The molecular formula is C6H12NO2S-. The molecule has 1 N–H and O–H groups in total. The molecule has 1 unspecified atom stereocenters. The Balaban J connectivity index is 2.90. The van der Waals surface area contributed by atoms with E-state index in [-0.39, 0.29) is 0 Å². The topological polar surface area (TPSA) is 52.2 Å². The van der Waals surface area contributed by atoms with Crippen LogP contribution in [0.25, 0.3) is 0 Å². The van der Waals surface area contributed by atoms with E-state index in [4.69, 9.17) is 0 Å². The summed E-state index contributed by atoms with van der Waals surface area (Å²) in [6.07, 6.45) is 4.65. The fourth-order valence-corrected chi connectivity index (χ4v) is 0.880. The SMILES string of the molecule is C=CCCCCNS(=O)[O-]. The van der Waals surface area contributed by atoms with Gasteiger partial charge in [0, 0.05) is 17.8 Å². The molecule has 0 spiro atoms. The van der Waals surface area contributed by atoms with Crippen LogP contribution < -0.4 is 4.72 Å². The molecular weight excluding hydrogens is 150 g/mol. The second-order valence-electron chi connectivity index (χ2n) is 1.91. The molecule has 0 rings (SSSR count). The molecule has 3 nitrogen and oxygen atoms in total. The molecule has 10 heavy (non-hydrogen) atoms. The van der Waals surface area contributed by atoms with E-state index in [9.17, 15) is 8.76 Å². The van der Waals surface area contributed by atoms with Gasteiger partial charge >= 0.3 is 0 Å². The normalized spacial score (nSPS) is 12.9. The Labute approximate surface area is 63.9 Å². The molecule has 4 heteroatoms. The monoisotopic (exact) mass is 162 g/mol. The highest BCUT2D eigenvalue weighted by molar-refractivity contribution is 7.77. The Morgan fingerprint density at radius 2 is 2.30 bits per heavy atom. The lowest BCUT2D eigenvalue weighted by Gasteiger charge is -2.05. The molecule has 0 aliphatic carbocycles. The van der Waals surface area contributed by atoms with E-state index in [0.29, 0.717) is 6.54 Å². The molecule has 0 amide bonds. The summed E-state index contributed by atoms with van der Waals surface area (Å²) in [6.45, 7) is 4.08. The third-order valence-electron chi connectivity index (χ3n) is 1.05. The summed E-state index contributed by atoms with van der Waals surface area (Å²) in [5.74, 6) is 0. The summed E-state index contributed by atoms with van der Waals surface area (Å²) in [5.41, 5.74) is 0. The van der Waals surface area contributed by atoms with Crippen molar-refractivity contribution in [2.24, 2.45) is 0 Å². The fraction of sp³-hybridized carbons (Fsp3) is 0.667. The Bertz CT molecular complexity index is 116. The molecule has 1 atom stereocenters. The molecule has 0 radical (unpaired) electrons. The van der Waals surface area contributed by atoms with Gasteiger partial charge in [0.2, 0.25) is 0 Å². The molecule has 0 saturated heterocycles. The first-order valence-corrected chi connectivity index (χ1v) is 4.28. The summed E-state index contributed by atoms with van der Waals surface area (Å²) in [5, 5.41) is 0. The van der Waals surface area contributed by atoms with Gasteiger partial charge < -0.3 is 4.55 Å². The highest BCUT2D eigenvalue weighted by atomic mass is 32.2. The maximum atomic E-state index is 9.90. The minimum absolute atomic E-state index is 0.532. The van der Waals surface area contributed by atoms with Gasteiger partial charge in [0.1, 0.15) is 0 Å². The third kappa shape index (κ3) is 7.81. The first kappa shape index (κ1) is 9.81. The Morgan fingerprint density at radius 3 is 2.80 bits per heavy atom. The van der Waals surface area contributed by atoms with E-state index in [1.165, 1.54) is 0 Å². The molecule has 0 aromatic rings. The zero-order valence-electron chi connectivity index (χ0n) is 5.84. The minimum Gasteiger partial charge on any atom is -0.760 e. The second kappa shape index (κ2) is 6.92. The molecule has 60 valence electrons. The number of unbranched alkanes of at least 4 members (excludes halogenated alkanes) is 2. The van der Waals surface area contributed by atoms with E-state index in [1.54, 1.807) is 0 Å². The van der Waals surface area contributed by atoms with Gasteiger partial charge in [0.15, 0.2) is 0 Å². The van der Waals surface area contributed by atoms with Crippen LogP contribution in [0.15, 0.2) is 12.7 Å². The molecule has 0 saturated carbocycles. The average Bonchev–Trinajstić information content (AvgIpc) is 1.87. The van der Waals surface area contributed by atoms with Gasteiger partial charge in [0.05, 0.1) is 0 Å². The Hall–Kier alpha value is -0.190. The Kier molecular flexibility index (Phi) is 6.79. The van der Waals surface area contributed by atoms with Crippen LogP contribution in [0.1, 0.15) is 19.3 Å². The Morgan fingerprint density at radius 1 is 1.60 bits per heavy atom. The number of nitrogens with one attached hydrogen (secondary N) is 1. The first-order chi connectivity index (χ1) is 4.77. The number of allylic oxidation sites excluding steroid dienone is 1. The van der Waals surface area contributed by atoms with Crippen molar-refractivity contribution in [1.82, 2.24) is 4.72 Å². The lowest BCUT2D eigenvalue weighted by molar-refractivity contribution is 0.520. The van der Waals surface area contributed by atoms with Crippen LogP contribution in [0.4, 0.5) is 0 Å². The summed E-state index contributed by atoms with van der Waals surface area (Å²) in [7, 11) is 0. The quantitative estimate of drug-likeness (QED) is 0.355. The van der Waals surface area contributed by atoms with Crippen LogP contribution in [-0.4, -0.2) is 15.3 Å². The average molecular weight is 162 g/mol. The standard InChI is InChI=1S/C6H13NO2S/c1-2-3-4-5-6-7-10(8)9/h2,7H,1,3-6H2,(H,8,9)/p-1. The predicted octanol–water partition coefficient (Wildman–Crippen LogP) is 0.726. The van der Waals surface area contributed by atoms with Crippen molar-refractivity contribution in [3.63, 3.8) is 0 Å². The van der Waals surface area contributed by atoms with E-state index < -0.39 is 11.3 Å². The fourth-order valence-electron chi connectivity index (χ4n) is 0.569. The van der Waals surface area contributed by atoms with Crippen LogP contribution in [0.2, 0.25) is 0 Å². The van der Waals surface area contributed by atoms with Gasteiger partial charge in [-0.2, -0.15) is 0 Å². The molecule has 0 aromatic heterocycles. The van der Waals surface area contributed by atoms with Crippen molar-refractivity contribution in [2.75, 3.05) is 6.54 Å². The van der Waals surface area contributed by atoms with E-state index in [2.05, 4.69) is 11.3 Å². The van der Waals surface area contributed by atoms with Crippen molar-refractivity contribution in [3.8, 4) is 0 Å². The van der Waals surface area contributed by atoms with E-state index in [0.717, 1.165) is 19.3 Å². The van der Waals surface area contributed by atoms with Crippen LogP contribution >= 0.6 is 0 Å². The molecule has 0 aliphatic heterocycles. The van der Waals surface area contributed by atoms with Gasteiger partial charge in [-0.1, -0.05) is 6.08 Å². The van der Waals surface area contributed by atoms with Gasteiger partial charge in [-0.3, -0.25) is 4.21 Å². The maximum Gasteiger partial charge on any atom is 0.0181 e. The highest BCUT2D eigenvalue weighted by Gasteiger charge is 1.84. The number of rotatable bonds is 6. The number of hydrogen-bond donors (Lipinski definition) is 1. The summed E-state index contributed by atoms with van der Waals surface area (Å²) < 4.78 is 22.1. The van der Waals surface area contributed by atoms with E-state index in [1.807, 2.05) is 6.08 Å². The summed E-state index contributed by atoms with van der Waals surface area (Å²) >= 11 is -2.10. The van der Waals surface area contributed by atoms with Gasteiger partial charge in [-0.05, 0) is 19.3 Å². The van der Waals surface area contributed by atoms with Gasteiger partial charge in [-0.15, -0.1) is 6.58 Å². The smallest absolute Gasteiger partial charge is 0.0181 e. The van der Waals surface area contributed by atoms with Crippen molar-refractivity contribution in [1.29, 1.82) is 0 Å². The third-order valence-corrected chi connectivity index (χ3v) is 1.49. The molecule has 0 heterocycles. The summed E-state index contributed by atoms with van der Waals surface area (Å²) in [4.78, 5) is 0.